The van der Waals surface area contributed by atoms with Crippen LogP contribution in [-0.2, 0) is 4.74 Å². The van der Waals surface area contributed by atoms with Crippen molar-refractivity contribution in [3.8, 4) is 0 Å². The number of benzene rings is 1. The van der Waals surface area contributed by atoms with Crippen LogP contribution in [0.5, 0.6) is 0 Å². The van der Waals surface area contributed by atoms with Crippen molar-refractivity contribution in [1.29, 1.82) is 0 Å². The van der Waals surface area contributed by atoms with Crippen LogP contribution in [0, 0.1) is 3.57 Å². The predicted octanol–water partition coefficient (Wildman–Crippen LogP) is 2.82. The zero-order chi connectivity index (χ0) is 14.9. The zero-order valence-electron chi connectivity index (χ0n) is 10.8. The Kier molecular flexibility index (Phi) is 5.53. The van der Waals surface area contributed by atoms with Crippen LogP contribution < -0.4 is 0 Å². The molecule has 0 aliphatic carbocycles. The van der Waals surface area contributed by atoms with Crippen molar-refractivity contribution in [3.63, 3.8) is 0 Å². The van der Waals surface area contributed by atoms with E-state index in [0.717, 1.165) is 0 Å². The highest BCUT2D eigenvalue weighted by Gasteiger charge is 2.29. The van der Waals surface area contributed by atoms with Gasteiger partial charge in [-0.15, -0.1) is 0 Å². The fourth-order valence-electron chi connectivity index (χ4n) is 2.19. The van der Waals surface area contributed by atoms with E-state index in [4.69, 9.17) is 27.9 Å². The first-order valence-corrected chi connectivity index (χ1v) is 7.96. The van der Waals surface area contributed by atoms with Gasteiger partial charge in [0, 0.05) is 21.7 Å². The third-order valence-electron chi connectivity index (χ3n) is 3.04. The van der Waals surface area contributed by atoms with Gasteiger partial charge in [-0.05, 0) is 41.6 Å². The first-order chi connectivity index (χ1) is 9.42. The minimum atomic E-state index is -0.352. The van der Waals surface area contributed by atoms with E-state index >= 15 is 0 Å². The van der Waals surface area contributed by atoms with E-state index in [1.54, 1.807) is 17.0 Å². The predicted molar refractivity (Wildman–Crippen MR) is 86.5 cm³/mol. The lowest BCUT2D eigenvalue weighted by Gasteiger charge is -2.36. The minimum absolute atomic E-state index is 0.110. The smallest absolute Gasteiger partial charge is 0.255 e. The van der Waals surface area contributed by atoms with Crippen LogP contribution in [0.25, 0.3) is 0 Å². The molecule has 0 radical (unpaired) electrons. The molecule has 0 spiro atoms. The van der Waals surface area contributed by atoms with Crippen molar-refractivity contribution in [1.82, 2.24) is 4.90 Å². The molecule has 7 heteroatoms. The molecule has 0 bridgehead atoms. The van der Waals surface area contributed by atoms with Crippen molar-refractivity contribution in [2.75, 3.05) is 19.7 Å². The molecular weight excluding hydrogens is 416 g/mol. The van der Waals surface area contributed by atoms with E-state index in [2.05, 4.69) is 0 Å². The maximum Gasteiger partial charge on any atom is 0.255 e. The number of amides is 1. The number of halogens is 3. The summed E-state index contributed by atoms with van der Waals surface area (Å²) < 4.78 is 6.21. The average Bonchev–Trinajstić information content (AvgIpc) is 2.41. The molecule has 1 amide bonds. The van der Waals surface area contributed by atoms with Crippen LogP contribution in [0.1, 0.15) is 17.3 Å². The molecule has 1 aromatic rings. The summed E-state index contributed by atoms with van der Waals surface area (Å²) in [4.78, 5) is 14.3. The number of hydrogen-bond donors (Lipinski definition) is 1. The van der Waals surface area contributed by atoms with E-state index in [0.29, 0.717) is 32.3 Å². The van der Waals surface area contributed by atoms with Gasteiger partial charge in [0.1, 0.15) is 0 Å². The quantitative estimate of drug-likeness (QED) is 0.581. The van der Waals surface area contributed by atoms with Crippen molar-refractivity contribution >= 4 is 51.7 Å². The standard InChI is InChI=1S/C13H14Cl2INO3/c1-7-4-17(5-9(6-18)20-7)13(19)10-2-8(14)3-11(15)12(10)16/h2-3,7,9,18H,4-6H2,1H3. The van der Waals surface area contributed by atoms with Crippen molar-refractivity contribution in [3.05, 3.63) is 31.3 Å². The SMILES string of the molecule is CC1CN(C(=O)c2cc(Cl)cc(Cl)c2I)CC(CO)O1. The van der Waals surface area contributed by atoms with Crippen molar-refractivity contribution < 1.29 is 14.6 Å². The van der Waals surface area contributed by atoms with Gasteiger partial charge in [0.2, 0.25) is 0 Å². The fourth-order valence-corrected chi connectivity index (χ4v) is 3.23. The number of nitrogens with zero attached hydrogens (tertiary/aromatic N) is 1. The Morgan fingerprint density at radius 3 is 2.85 bits per heavy atom. The Hall–Kier alpha value is -0.0800. The van der Waals surface area contributed by atoms with Gasteiger partial charge in [0.25, 0.3) is 5.91 Å². The van der Waals surface area contributed by atoms with Gasteiger partial charge in [0.15, 0.2) is 0 Å². The molecule has 1 fully saturated rings. The number of ether oxygens (including phenoxy) is 1. The molecule has 1 heterocycles. The molecule has 4 nitrogen and oxygen atoms in total. The molecule has 1 aromatic carbocycles. The Morgan fingerprint density at radius 1 is 1.50 bits per heavy atom. The van der Waals surface area contributed by atoms with Gasteiger partial charge in [-0.2, -0.15) is 0 Å². The normalized spacial score (nSPS) is 22.9. The summed E-state index contributed by atoms with van der Waals surface area (Å²) in [5, 5.41) is 10.1. The van der Waals surface area contributed by atoms with Crippen molar-refractivity contribution in [2.45, 2.75) is 19.1 Å². The van der Waals surface area contributed by atoms with E-state index in [1.807, 2.05) is 29.5 Å². The number of hydrogen-bond acceptors (Lipinski definition) is 3. The van der Waals surface area contributed by atoms with E-state index < -0.39 is 0 Å². The second-order valence-electron chi connectivity index (χ2n) is 4.71. The number of morpholine rings is 1. The summed E-state index contributed by atoms with van der Waals surface area (Å²) in [5.74, 6) is -0.146. The molecule has 1 saturated heterocycles. The average molecular weight is 430 g/mol. The second kappa shape index (κ2) is 6.79. The fraction of sp³-hybridized carbons (Fsp3) is 0.462. The highest BCUT2D eigenvalue weighted by Crippen LogP contribution is 2.28. The summed E-state index contributed by atoms with van der Waals surface area (Å²) in [6.07, 6.45) is -0.466. The van der Waals surface area contributed by atoms with Gasteiger partial charge in [-0.25, -0.2) is 0 Å². The number of aliphatic hydroxyl groups excluding tert-OH is 1. The number of carbonyl (C=O) groups is 1. The summed E-state index contributed by atoms with van der Waals surface area (Å²) in [7, 11) is 0. The molecular formula is C13H14Cl2INO3. The number of aliphatic hydroxyl groups is 1. The van der Waals surface area contributed by atoms with Crippen LogP contribution in [-0.4, -0.2) is 47.8 Å². The molecule has 0 aromatic heterocycles. The summed E-state index contributed by atoms with van der Waals surface area (Å²) in [5.41, 5.74) is 0.480. The van der Waals surface area contributed by atoms with E-state index in [9.17, 15) is 9.90 Å². The van der Waals surface area contributed by atoms with Crippen LogP contribution in [0.2, 0.25) is 10.0 Å². The first kappa shape index (κ1) is 16.3. The molecule has 1 aliphatic heterocycles. The molecule has 1 N–H and O–H groups in total. The lowest BCUT2D eigenvalue weighted by molar-refractivity contribution is -0.0858. The third-order valence-corrected chi connectivity index (χ3v) is 5.04. The molecule has 0 saturated carbocycles. The molecule has 2 atom stereocenters. The second-order valence-corrected chi connectivity index (χ2v) is 6.63. The zero-order valence-corrected chi connectivity index (χ0v) is 14.4. The van der Waals surface area contributed by atoms with Crippen molar-refractivity contribution in [2.24, 2.45) is 0 Å². The van der Waals surface area contributed by atoms with Crippen LogP contribution >= 0.6 is 45.8 Å². The maximum atomic E-state index is 12.6. The van der Waals surface area contributed by atoms with Gasteiger partial charge in [-0.1, -0.05) is 23.2 Å². The van der Waals surface area contributed by atoms with Crippen LogP contribution in [0.3, 0.4) is 0 Å². The largest absolute Gasteiger partial charge is 0.394 e. The van der Waals surface area contributed by atoms with Gasteiger partial charge < -0.3 is 14.7 Å². The monoisotopic (exact) mass is 429 g/mol. The highest BCUT2D eigenvalue weighted by molar-refractivity contribution is 14.1. The summed E-state index contributed by atoms with van der Waals surface area (Å²) >= 11 is 14.1. The topological polar surface area (TPSA) is 49.8 Å². The first-order valence-electron chi connectivity index (χ1n) is 6.12. The summed E-state index contributed by atoms with van der Waals surface area (Å²) in [6.45, 7) is 2.61. The third kappa shape index (κ3) is 3.57. The Bertz CT molecular complexity index is 527. The molecule has 2 unspecified atom stereocenters. The van der Waals surface area contributed by atoms with E-state index in [-0.39, 0.29) is 24.7 Å². The Balaban J connectivity index is 2.27. The Morgan fingerprint density at radius 2 is 2.20 bits per heavy atom. The van der Waals surface area contributed by atoms with Gasteiger partial charge in [-0.3, -0.25) is 4.79 Å². The minimum Gasteiger partial charge on any atom is -0.394 e. The molecule has 110 valence electrons. The molecule has 20 heavy (non-hydrogen) atoms. The number of rotatable bonds is 2. The van der Waals surface area contributed by atoms with Crippen LogP contribution in [0.15, 0.2) is 12.1 Å². The van der Waals surface area contributed by atoms with E-state index in [1.165, 1.54) is 0 Å². The Labute approximate surface area is 141 Å². The van der Waals surface area contributed by atoms with Crippen LogP contribution in [0.4, 0.5) is 0 Å². The number of carbonyl (C=O) groups excluding carboxylic acids is 1. The van der Waals surface area contributed by atoms with Gasteiger partial charge >= 0.3 is 0 Å². The maximum absolute atomic E-state index is 12.6. The lowest BCUT2D eigenvalue weighted by atomic mass is 10.1. The lowest BCUT2D eigenvalue weighted by Crippen LogP contribution is -2.50. The highest BCUT2D eigenvalue weighted by atomic mass is 127. The van der Waals surface area contributed by atoms with Gasteiger partial charge in [0.05, 0.1) is 29.4 Å². The summed E-state index contributed by atoms with van der Waals surface area (Å²) in [6, 6.07) is 3.23. The molecule has 2 rings (SSSR count). The molecule has 1 aliphatic rings.